The summed E-state index contributed by atoms with van der Waals surface area (Å²) in [6.07, 6.45) is -2.33. The first kappa shape index (κ1) is 18.2. The van der Waals surface area contributed by atoms with Gasteiger partial charge in [-0.05, 0) is 30.7 Å². The molecule has 2 aromatic carbocycles. The summed E-state index contributed by atoms with van der Waals surface area (Å²) in [6, 6.07) is 12.2. The number of hydrogen-bond acceptors (Lipinski definition) is 4. The van der Waals surface area contributed by atoms with Gasteiger partial charge in [0.15, 0.2) is 0 Å². The summed E-state index contributed by atoms with van der Waals surface area (Å²) in [5, 5.41) is 3.22. The highest BCUT2D eigenvalue weighted by molar-refractivity contribution is 5.96. The lowest BCUT2D eigenvalue weighted by atomic mass is 10.1. The molecule has 1 aromatic heterocycles. The molecule has 1 saturated heterocycles. The lowest BCUT2D eigenvalue weighted by molar-refractivity contribution is -0.138. The van der Waals surface area contributed by atoms with Crippen molar-refractivity contribution in [1.82, 2.24) is 14.9 Å². The third kappa shape index (κ3) is 3.62. The number of carbonyl (C=O) groups excluding carboxylic acids is 1. The highest BCUT2D eigenvalue weighted by Gasteiger charge is 2.37. The molecule has 1 atom stereocenters. The fourth-order valence-electron chi connectivity index (χ4n) is 3.39. The van der Waals surface area contributed by atoms with Gasteiger partial charge in [-0.1, -0.05) is 24.3 Å². The topological polar surface area (TPSA) is 58.1 Å². The number of anilines is 1. The van der Waals surface area contributed by atoms with Crippen molar-refractivity contribution >= 4 is 22.8 Å². The molecule has 1 fully saturated rings. The predicted molar refractivity (Wildman–Crippen MR) is 98.9 cm³/mol. The first-order valence-corrected chi connectivity index (χ1v) is 8.85. The van der Waals surface area contributed by atoms with Crippen molar-refractivity contribution in [2.75, 3.05) is 18.4 Å². The van der Waals surface area contributed by atoms with E-state index in [1.807, 2.05) is 24.3 Å². The average molecular weight is 386 g/mol. The minimum Gasteiger partial charge on any atom is -0.364 e. The number of hydrogen-bond donors (Lipinski definition) is 1. The van der Waals surface area contributed by atoms with Gasteiger partial charge in [0.2, 0.25) is 0 Å². The zero-order chi connectivity index (χ0) is 19.7. The monoisotopic (exact) mass is 386 g/mol. The van der Waals surface area contributed by atoms with Crippen molar-refractivity contribution in [2.24, 2.45) is 0 Å². The molecule has 144 valence electrons. The number of likely N-dealkylation sites (tertiary alicyclic amines) is 1. The molecule has 5 nitrogen and oxygen atoms in total. The number of amides is 1. The van der Waals surface area contributed by atoms with Crippen molar-refractivity contribution in [3.8, 4) is 0 Å². The van der Waals surface area contributed by atoms with Gasteiger partial charge in [-0.2, -0.15) is 13.2 Å². The normalized spacial score (nSPS) is 17.1. The molecule has 0 spiro atoms. The number of benzene rings is 2. The average Bonchev–Trinajstić information content (AvgIpc) is 3.15. The molecule has 4 rings (SSSR count). The van der Waals surface area contributed by atoms with Crippen molar-refractivity contribution in [3.05, 3.63) is 65.9 Å². The van der Waals surface area contributed by atoms with Gasteiger partial charge in [0, 0.05) is 19.1 Å². The fraction of sp³-hybridized carbons (Fsp3) is 0.250. The summed E-state index contributed by atoms with van der Waals surface area (Å²) in [5.74, 6) is -0.0319. The third-order valence-electron chi connectivity index (χ3n) is 4.74. The van der Waals surface area contributed by atoms with Gasteiger partial charge < -0.3 is 10.2 Å². The quantitative estimate of drug-likeness (QED) is 0.740. The van der Waals surface area contributed by atoms with Crippen LogP contribution in [-0.4, -0.2) is 39.9 Å². The van der Waals surface area contributed by atoms with Crippen molar-refractivity contribution in [1.29, 1.82) is 0 Å². The van der Waals surface area contributed by atoms with Gasteiger partial charge in [0.05, 0.1) is 28.4 Å². The third-order valence-corrected chi connectivity index (χ3v) is 4.74. The molecule has 1 amide bonds. The van der Waals surface area contributed by atoms with E-state index in [2.05, 4.69) is 15.3 Å². The number of alkyl halides is 3. The molecule has 0 saturated carbocycles. The van der Waals surface area contributed by atoms with Crippen molar-refractivity contribution in [3.63, 3.8) is 0 Å². The second-order valence-electron chi connectivity index (χ2n) is 6.67. The number of halogens is 3. The van der Waals surface area contributed by atoms with Crippen LogP contribution in [-0.2, 0) is 6.18 Å². The Morgan fingerprint density at radius 1 is 1.07 bits per heavy atom. The highest BCUT2D eigenvalue weighted by atomic mass is 19.4. The van der Waals surface area contributed by atoms with Gasteiger partial charge in [-0.3, -0.25) is 9.78 Å². The Morgan fingerprint density at radius 3 is 2.57 bits per heavy atom. The standard InChI is InChI=1S/C20H17F3N4O/c21-20(22,23)15-6-2-1-5-14(15)19(28)27-10-9-13(12-27)25-18-11-24-16-7-3-4-8-17(16)26-18/h1-8,11,13H,9-10,12H2,(H,25,26)/t13-/m1/s1. The largest absolute Gasteiger partial charge is 0.417 e. The van der Waals surface area contributed by atoms with E-state index in [0.717, 1.165) is 17.1 Å². The number of para-hydroxylation sites is 2. The Morgan fingerprint density at radius 2 is 1.79 bits per heavy atom. The maximum absolute atomic E-state index is 13.2. The van der Waals surface area contributed by atoms with E-state index in [-0.39, 0.29) is 11.6 Å². The number of aromatic nitrogens is 2. The molecule has 3 aromatic rings. The lowest BCUT2D eigenvalue weighted by Gasteiger charge is -2.20. The van der Waals surface area contributed by atoms with E-state index >= 15 is 0 Å². The molecule has 28 heavy (non-hydrogen) atoms. The van der Waals surface area contributed by atoms with Gasteiger partial charge in [0.1, 0.15) is 5.82 Å². The number of nitrogens with zero attached hydrogens (tertiary/aromatic N) is 3. The Labute approximate surface area is 159 Å². The van der Waals surface area contributed by atoms with Crippen LogP contribution < -0.4 is 5.32 Å². The zero-order valence-corrected chi connectivity index (χ0v) is 14.8. The molecule has 1 aliphatic rings. The van der Waals surface area contributed by atoms with Crippen LogP contribution in [0.5, 0.6) is 0 Å². The first-order chi connectivity index (χ1) is 13.4. The van der Waals surface area contributed by atoms with E-state index in [1.165, 1.54) is 23.1 Å². The number of nitrogens with one attached hydrogen (secondary N) is 1. The van der Waals surface area contributed by atoms with E-state index < -0.39 is 17.6 Å². The molecule has 2 heterocycles. The zero-order valence-electron chi connectivity index (χ0n) is 14.8. The van der Waals surface area contributed by atoms with Crippen LogP contribution in [0.2, 0.25) is 0 Å². The van der Waals surface area contributed by atoms with Gasteiger partial charge in [-0.25, -0.2) is 4.98 Å². The second kappa shape index (κ2) is 7.10. The fourth-order valence-corrected chi connectivity index (χ4v) is 3.39. The highest BCUT2D eigenvalue weighted by Crippen LogP contribution is 2.33. The molecule has 1 N–H and O–H groups in total. The van der Waals surface area contributed by atoms with E-state index in [1.54, 1.807) is 6.20 Å². The molecule has 0 bridgehead atoms. The van der Waals surface area contributed by atoms with E-state index in [9.17, 15) is 18.0 Å². The summed E-state index contributed by atoms with van der Waals surface area (Å²) < 4.78 is 39.6. The number of carbonyl (C=O) groups is 1. The smallest absolute Gasteiger partial charge is 0.364 e. The first-order valence-electron chi connectivity index (χ1n) is 8.85. The van der Waals surface area contributed by atoms with Crippen LogP contribution >= 0.6 is 0 Å². The van der Waals surface area contributed by atoms with Gasteiger partial charge in [-0.15, -0.1) is 0 Å². The minimum atomic E-state index is -4.57. The maximum Gasteiger partial charge on any atom is 0.417 e. The SMILES string of the molecule is O=C(c1ccccc1C(F)(F)F)N1CC[C@@H](Nc2cnc3ccccc3n2)C1. The summed E-state index contributed by atoms with van der Waals surface area (Å²) in [7, 11) is 0. The lowest BCUT2D eigenvalue weighted by Crippen LogP contribution is -2.33. The summed E-state index contributed by atoms with van der Waals surface area (Å²) in [5.41, 5.74) is 0.301. The van der Waals surface area contributed by atoms with Crippen LogP contribution in [0.25, 0.3) is 11.0 Å². The maximum atomic E-state index is 13.2. The molecule has 0 unspecified atom stereocenters. The summed E-state index contributed by atoms with van der Waals surface area (Å²) in [6.45, 7) is 0.684. The van der Waals surface area contributed by atoms with Crippen LogP contribution in [0.4, 0.5) is 19.0 Å². The summed E-state index contributed by atoms with van der Waals surface area (Å²) >= 11 is 0. The molecule has 0 radical (unpaired) electrons. The van der Waals surface area contributed by atoms with Crippen LogP contribution in [0, 0.1) is 0 Å². The van der Waals surface area contributed by atoms with Gasteiger partial charge >= 0.3 is 6.18 Å². The Balaban J connectivity index is 1.47. The Hall–Kier alpha value is -3.16. The van der Waals surface area contributed by atoms with E-state index in [0.29, 0.717) is 25.3 Å². The van der Waals surface area contributed by atoms with Crippen LogP contribution in [0.3, 0.4) is 0 Å². The minimum absolute atomic E-state index is 0.0996. The summed E-state index contributed by atoms with van der Waals surface area (Å²) in [4.78, 5) is 22.9. The van der Waals surface area contributed by atoms with Crippen LogP contribution in [0.15, 0.2) is 54.7 Å². The number of rotatable bonds is 3. The van der Waals surface area contributed by atoms with Crippen molar-refractivity contribution in [2.45, 2.75) is 18.6 Å². The van der Waals surface area contributed by atoms with Crippen LogP contribution in [0.1, 0.15) is 22.3 Å². The molecular formula is C20H17F3N4O. The second-order valence-corrected chi connectivity index (χ2v) is 6.67. The molecule has 0 aliphatic carbocycles. The number of fused-ring (bicyclic) bond motifs is 1. The van der Waals surface area contributed by atoms with Crippen molar-refractivity contribution < 1.29 is 18.0 Å². The molecular weight excluding hydrogens is 369 g/mol. The Bertz CT molecular complexity index is 1020. The Kier molecular flexibility index (Phi) is 4.62. The predicted octanol–water partition coefficient (Wildman–Crippen LogP) is 3.98. The van der Waals surface area contributed by atoms with Gasteiger partial charge in [0.25, 0.3) is 5.91 Å². The van der Waals surface area contributed by atoms with E-state index in [4.69, 9.17) is 0 Å². The molecule has 8 heteroatoms. The molecule has 1 aliphatic heterocycles.